The minimum absolute atomic E-state index is 0.0806. The molecular formula is C15H25N3O2. The summed E-state index contributed by atoms with van der Waals surface area (Å²) in [7, 11) is 2.12. The average Bonchev–Trinajstić information content (AvgIpc) is 2.42. The van der Waals surface area contributed by atoms with Crippen LogP contribution in [0.25, 0.3) is 0 Å². The molecule has 1 aromatic rings. The van der Waals surface area contributed by atoms with E-state index in [2.05, 4.69) is 28.3 Å². The monoisotopic (exact) mass is 279 g/mol. The number of aromatic hydroxyl groups is 1. The third-order valence-corrected chi connectivity index (χ3v) is 4.01. The van der Waals surface area contributed by atoms with Gasteiger partial charge in [0.05, 0.1) is 5.69 Å². The first-order valence-electron chi connectivity index (χ1n) is 7.36. The molecule has 1 N–H and O–H groups in total. The summed E-state index contributed by atoms with van der Waals surface area (Å²) in [5.74, 6) is -0.0806. The van der Waals surface area contributed by atoms with Crippen molar-refractivity contribution >= 4 is 0 Å². The first-order valence-corrected chi connectivity index (χ1v) is 7.36. The minimum Gasteiger partial charge on any atom is -0.503 e. The Morgan fingerprint density at radius 2 is 1.90 bits per heavy atom. The minimum atomic E-state index is -0.265. The number of piperazine rings is 1. The molecule has 2 heterocycles. The summed E-state index contributed by atoms with van der Waals surface area (Å²) in [6.07, 6.45) is 0.985. The molecule has 0 aromatic carbocycles. The van der Waals surface area contributed by atoms with Gasteiger partial charge in [0.2, 0.25) is 5.43 Å². The maximum atomic E-state index is 11.8. The van der Waals surface area contributed by atoms with Gasteiger partial charge in [-0.1, -0.05) is 6.92 Å². The Bertz CT molecular complexity index is 517. The average molecular weight is 279 g/mol. The molecule has 20 heavy (non-hydrogen) atoms. The lowest BCUT2D eigenvalue weighted by Crippen LogP contribution is -2.44. The predicted octanol–water partition coefficient (Wildman–Crippen LogP) is 1.02. The van der Waals surface area contributed by atoms with Crippen molar-refractivity contribution in [2.75, 3.05) is 33.2 Å². The number of likely N-dealkylation sites (N-methyl/N-ethyl adjacent to an activating group) is 1. The number of aromatic nitrogens is 1. The molecule has 1 saturated heterocycles. The molecule has 112 valence electrons. The smallest absolute Gasteiger partial charge is 0.223 e. The number of hydrogen-bond acceptors (Lipinski definition) is 4. The number of nitrogens with zero attached hydrogens (tertiary/aromatic N) is 3. The van der Waals surface area contributed by atoms with E-state index in [9.17, 15) is 9.90 Å². The van der Waals surface area contributed by atoms with Crippen molar-refractivity contribution in [1.82, 2.24) is 14.4 Å². The molecule has 1 aliphatic heterocycles. The van der Waals surface area contributed by atoms with Crippen LogP contribution in [-0.2, 0) is 13.1 Å². The van der Waals surface area contributed by atoms with Crippen LogP contribution in [0, 0.1) is 6.92 Å². The first-order chi connectivity index (χ1) is 9.52. The molecule has 5 heteroatoms. The van der Waals surface area contributed by atoms with Crippen molar-refractivity contribution < 1.29 is 5.11 Å². The van der Waals surface area contributed by atoms with Gasteiger partial charge in [-0.25, -0.2) is 0 Å². The van der Waals surface area contributed by atoms with E-state index >= 15 is 0 Å². The van der Waals surface area contributed by atoms with E-state index in [1.54, 1.807) is 0 Å². The number of aryl methyl sites for hydroxylation is 1. The Labute approximate surface area is 120 Å². The molecule has 1 aliphatic rings. The molecule has 2 rings (SSSR count). The number of rotatable bonds is 4. The zero-order chi connectivity index (χ0) is 14.7. The van der Waals surface area contributed by atoms with Gasteiger partial charge in [-0.15, -0.1) is 0 Å². The molecule has 0 saturated carbocycles. The van der Waals surface area contributed by atoms with E-state index in [0.29, 0.717) is 6.54 Å². The summed E-state index contributed by atoms with van der Waals surface area (Å²) in [5, 5.41) is 10.1. The molecular weight excluding hydrogens is 254 g/mol. The van der Waals surface area contributed by atoms with Gasteiger partial charge < -0.3 is 14.6 Å². The lowest BCUT2D eigenvalue weighted by Gasteiger charge is -2.33. The van der Waals surface area contributed by atoms with Crippen molar-refractivity contribution in [3.63, 3.8) is 0 Å². The van der Waals surface area contributed by atoms with E-state index in [1.165, 1.54) is 6.07 Å². The molecule has 1 aromatic heterocycles. The van der Waals surface area contributed by atoms with Crippen molar-refractivity contribution in [1.29, 1.82) is 0 Å². The second-order valence-electron chi connectivity index (χ2n) is 5.68. The quantitative estimate of drug-likeness (QED) is 0.894. The maximum Gasteiger partial charge on any atom is 0.223 e. The van der Waals surface area contributed by atoms with Crippen LogP contribution in [0.5, 0.6) is 5.75 Å². The molecule has 0 unspecified atom stereocenters. The molecule has 0 aliphatic carbocycles. The first kappa shape index (κ1) is 15.1. The van der Waals surface area contributed by atoms with E-state index in [-0.39, 0.29) is 11.2 Å². The topological polar surface area (TPSA) is 48.7 Å². The Morgan fingerprint density at radius 3 is 2.50 bits per heavy atom. The Balaban J connectivity index is 2.27. The molecule has 1 fully saturated rings. The Kier molecular flexibility index (Phi) is 4.83. The van der Waals surface area contributed by atoms with Crippen LogP contribution in [0.2, 0.25) is 0 Å². The predicted molar refractivity (Wildman–Crippen MR) is 80.2 cm³/mol. The highest BCUT2D eigenvalue weighted by Gasteiger charge is 2.19. The van der Waals surface area contributed by atoms with E-state index in [0.717, 1.165) is 50.5 Å². The van der Waals surface area contributed by atoms with Crippen LogP contribution >= 0.6 is 0 Å². The summed E-state index contributed by atoms with van der Waals surface area (Å²) in [6.45, 7) is 9.54. The van der Waals surface area contributed by atoms with Gasteiger partial charge >= 0.3 is 0 Å². The van der Waals surface area contributed by atoms with Crippen LogP contribution in [0.3, 0.4) is 0 Å². The molecule has 0 atom stereocenters. The Hall–Kier alpha value is -1.33. The van der Waals surface area contributed by atoms with Gasteiger partial charge in [0.25, 0.3) is 0 Å². The van der Waals surface area contributed by atoms with Crippen LogP contribution in [0.15, 0.2) is 10.9 Å². The zero-order valence-corrected chi connectivity index (χ0v) is 12.7. The molecule has 0 radical (unpaired) electrons. The van der Waals surface area contributed by atoms with Crippen molar-refractivity contribution in [3.05, 3.63) is 27.7 Å². The van der Waals surface area contributed by atoms with Gasteiger partial charge in [-0.05, 0) is 20.4 Å². The van der Waals surface area contributed by atoms with Gasteiger partial charge in [0.15, 0.2) is 5.75 Å². The number of hydrogen-bond donors (Lipinski definition) is 1. The highest BCUT2D eigenvalue weighted by Crippen LogP contribution is 2.18. The zero-order valence-electron chi connectivity index (χ0n) is 12.7. The fourth-order valence-corrected chi connectivity index (χ4v) is 2.73. The fourth-order valence-electron chi connectivity index (χ4n) is 2.73. The molecule has 0 bridgehead atoms. The second kappa shape index (κ2) is 6.41. The van der Waals surface area contributed by atoms with E-state index < -0.39 is 0 Å². The largest absolute Gasteiger partial charge is 0.503 e. The number of pyridine rings is 1. The van der Waals surface area contributed by atoms with E-state index in [4.69, 9.17) is 0 Å². The molecule has 5 nitrogen and oxygen atoms in total. The fraction of sp³-hybridized carbons (Fsp3) is 0.667. The van der Waals surface area contributed by atoms with Crippen molar-refractivity contribution in [2.24, 2.45) is 0 Å². The van der Waals surface area contributed by atoms with Gasteiger partial charge in [-0.3, -0.25) is 9.69 Å². The summed E-state index contributed by atoms with van der Waals surface area (Å²) >= 11 is 0. The highest BCUT2D eigenvalue weighted by atomic mass is 16.3. The van der Waals surface area contributed by atoms with Crippen LogP contribution in [0.4, 0.5) is 0 Å². The standard InChI is InChI=1S/C15H25N3O2/c1-4-5-18-12(2)10-14(19)15(20)13(18)11-17-8-6-16(3)7-9-17/h10,20H,4-9,11H2,1-3H3. The summed E-state index contributed by atoms with van der Waals surface area (Å²) in [5.41, 5.74) is 1.43. The van der Waals surface area contributed by atoms with Gasteiger partial charge in [0.1, 0.15) is 0 Å². The third-order valence-electron chi connectivity index (χ3n) is 4.01. The summed E-state index contributed by atoms with van der Waals surface area (Å²) in [6, 6.07) is 1.53. The lowest BCUT2D eigenvalue weighted by molar-refractivity contribution is 0.144. The maximum absolute atomic E-state index is 11.8. The van der Waals surface area contributed by atoms with E-state index in [1.807, 2.05) is 6.92 Å². The normalized spacial score (nSPS) is 17.6. The van der Waals surface area contributed by atoms with Gasteiger partial charge in [-0.2, -0.15) is 0 Å². The van der Waals surface area contributed by atoms with Crippen LogP contribution in [0.1, 0.15) is 24.7 Å². The van der Waals surface area contributed by atoms with Crippen LogP contribution in [-0.4, -0.2) is 52.7 Å². The molecule has 0 amide bonds. The lowest BCUT2D eigenvalue weighted by atomic mass is 10.2. The van der Waals surface area contributed by atoms with Crippen molar-refractivity contribution in [2.45, 2.75) is 33.4 Å². The SMILES string of the molecule is CCCn1c(C)cc(=O)c(O)c1CN1CCN(C)CC1. The molecule has 0 spiro atoms. The third kappa shape index (κ3) is 3.22. The van der Waals surface area contributed by atoms with Gasteiger partial charge in [0, 0.05) is 51.0 Å². The van der Waals surface area contributed by atoms with Crippen LogP contribution < -0.4 is 5.43 Å². The summed E-state index contributed by atoms with van der Waals surface area (Å²) < 4.78 is 2.08. The Morgan fingerprint density at radius 1 is 1.25 bits per heavy atom. The second-order valence-corrected chi connectivity index (χ2v) is 5.68. The van der Waals surface area contributed by atoms with Crippen molar-refractivity contribution in [3.8, 4) is 5.75 Å². The highest BCUT2D eigenvalue weighted by molar-refractivity contribution is 5.29. The summed E-state index contributed by atoms with van der Waals surface area (Å²) in [4.78, 5) is 16.4.